The normalized spacial score (nSPS) is 53.0. The summed E-state index contributed by atoms with van der Waals surface area (Å²) in [6.45, 7) is 0.309. The first-order chi connectivity index (χ1) is 6.22. The fourth-order valence-corrected chi connectivity index (χ4v) is 4.10. The average Bonchev–Trinajstić information content (AvgIpc) is 2.13. The molecule has 0 heterocycles. The maximum atomic E-state index is 11.8. The van der Waals surface area contributed by atoms with Crippen LogP contribution in [-0.4, -0.2) is 17.5 Å². The van der Waals surface area contributed by atoms with Crippen molar-refractivity contribution in [2.75, 3.05) is 6.61 Å². The quantitative estimate of drug-likeness (QED) is 0.661. The number of aliphatic hydroxyl groups is 1. The maximum Gasteiger partial charge on any atom is 0.139 e. The smallest absolute Gasteiger partial charge is 0.139 e. The fraction of sp³-hybridized carbons (Fsp3) is 0.909. The zero-order valence-electron chi connectivity index (χ0n) is 7.83. The minimum absolute atomic E-state index is 0.157. The zero-order chi connectivity index (χ0) is 9.05. The number of hydrogen-bond donors (Lipinski definition) is 1. The second-order valence-electron chi connectivity index (χ2n) is 5.40. The molecule has 0 spiro atoms. The Bertz CT molecular complexity index is 241. The molecule has 0 amide bonds. The van der Waals surface area contributed by atoms with Gasteiger partial charge in [0.15, 0.2) is 0 Å². The summed E-state index contributed by atoms with van der Waals surface area (Å²) in [5.41, 5.74) is 0.157. The van der Waals surface area contributed by atoms with Gasteiger partial charge in [0, 0.05) is 18.4 Å². The van der Waals surface area contributed by atoms with E-state index >= 15 is 0 Å². The van der Waals surface area contributed by atoms with Crippen LogP contribution in [0.1, 0.15) is 32.1 Å². The van der Waals surface area contributed by atoms with E-state index in [1.54, 1.807) is 0 Å². The molecule has 72 valence electrons. The van der Waals surface area contributed by atoms with Gasteiger partial charge in [-0.1, -0.05) is 0 Å². The molecule has 4 rings (SSSR count). The van der Waals surface area contributed by atoms with Crippen molar-refractivity contribution in [1.29, 1.82) is 0 Å². The van der Waals surface area contributed by atoms with E-state index in [-0.39, 0.29) is 5.41 Å². The Morgan fingerprint density at radius 2 is 1.85 bits per heavy atom. The molecular weight excluding hydrogens is 164 g/mol. The molecule has 0 aromatic carbocycles. The van der Waals surface area contributed by atoms with Gasteiger partial charge >= 0.3 is 0 Å². The number of Topliss-reactive ketones (excluding diaryl/α,β-unsaturated/α-hetero) is 1. The SMILES string of the molecule is O=C1[C@@H]2CC3C[C@H]1CC(CO)(C3)C2. The number of rotatable bonds is 1. The summed E-state index contributed by atoms with van der Waals surface area (Å²) in [6, 6.07) is 0. The Labute approximate surface area is 78.3 Å². The van der Waals surface area contributed by atoms with Crippen molar-refractivity contribution < 1.29 is 9.90 Å². The molecule has 0 aromatic rings. The predicted octanol–water partition coefficient (Wildman–Crippen LogP) is 1.37. The molecule has 4 saturated carbocycles. The van der Waals surface area contributed by atoms with Crippen LogP contribution in [0.15, 0.2) is 0 Å². The first kappa shape index (κ1) is 7.98. The van der Waals surface area contributed by atoms with E-state index in [0.29, 0.717) is 24.2 Å². The highest BCUT2D eigenvalue weighted by molar-refractivity contribution is 5.85. The molecule has 4 aliphatic carbocycles. The summed E-state index contributed by atoms with van der Waals surface area (Å²) < 4.78 is 0. The van der Waals surface area contributed by atoms with Gasteiger partial charge in [-0.2, -0.15) is 0 Å². The molecular formula is C11H16O2. The molecule has 4 fully saturated rings. The number of ketones is 1. The molecule has 4 bridgehead atoms. The molecule has 2 unspecified atom stereocenters. The topological polar surface area (TPSA) is 37.3 Å². The second kappa shape index (κ2) is 2.35. The molecule has 2 heteroatoms. The lowest BCUT2D eigenvalue weighted by atomic mass is 9.49. The van der Waals surface area contributed by atoms with Crippen molar-refractivity contribution in [2.24, 2.45) is 23.2 Å². The largest absolute Gasteiger partial charge is 0.396 e. The van der Waals surface area contributed by atoms with Crippen LogP contribution in [0.2, 0.25) is 0 Å². The fourth-order valence-electron chi connectivity index (χ4n) is 4.10. The van der Waals surface area contributed by atoms with Gasteiger partial charge in [0.1, 0.15) is 5.78 Å². The standard InChI is InChI=1S/C11H16O2/c12-6-11-3-7-1-8(4-11)10(13)9(2-7)5-11/h7-9,12H,1-6H2/t7?,8-,9+,11?. The van der Waals surface area contributed by atoms with Gasteiger partial charge in [0.05, 0.1) is 0 Å². The van der Waals surface area contributed by atoms with Crippen molar-refractivity contribution in [3.8, 4) is 0 Å². The molecule has 1 N–H and O–H groups in total. The molecule has 0 radical (unpaired) electrons. The van der Waals surface area contributed by atoms with E-state index in [1.165, 1.54) is 6.42 Å². The Hall–Kier alpha value is -0.370. The number of aliphatic hydroxyl groups excluding tert-OH is 1. The first-order valence-corrected chi connectivity index (χ1v) is 5.37. The monoisotopic (exact) mass is 180 g/mol. The number of hydrogen-bond acceptors (Lipinski definition) is 2. The van der Waals surface area contributed by atoms with Crippen LogP contribution in [0.25, 0.3) is 0 Å². The van der Waals surface area contributed by atoms with Crippen molar-refractivity contribution in [3.05, 3.63) is 0 Å². The Morgan fingerprint density at radius 1 is 1.23 bits per heavy atom. The highest BCUT2D eigenvalue weighted by Crippen LogP contribution is 2.58. The van der Waals surface area contributed by atoms with Crippen LogP contribution >= 0.6 is 0 Å². The van der Waals surface area contributed by atoms with E-state index in [0.717, 1.165) is 31.6 Å². The lowest BCUT2D eigenvalue weighted by Gasteiger charge is -2.55. The first-order valence-electron chi connectivity index (χ1n) is 5.37. The molecule has 0 saturated heterocycles. The van der Waals surface area contributed by atoms with Gasteiger partial charge < -0.3 is 5.11 Å². The number of carbonyl (C=O) groups excluding carboxylic acids is 1. The van der Waals surface area contributed by atoms with Crippen molar-refractivity contribution in [3.63, 3.8) is 0 Å². The van der Waals surface area contributed by atoms with Gasteiger partial charge in [-0.15, -0.1) is 0 Å². The van der Waals surface area contributed by atoms with Crippen LogP contribution in [0.5, 0.6) is 0 Å². The van der Waals surface area contributed by atoms with E-state index in [1.807, 2.05) is 0 Å². The molecule has 4 atom stereocenters. The van der Waals surface area contributed by atoms with Gasteiger partial charge in [-0.3, -0.25) is 4.79 Å². The van der Waals surface area contributed by atoms with Crippen molar-refractivity contribution in [2.45, 2.75) is 32.1 Å². The average molecular weight is 180 g/mol. The van der Waals surface area contributed by atoms with Crippen LogP contribution in [0.4, 0.5) is 0 Å². The Balaban J connectivity index is 1.96. The van der Waals surface area contributed by atoms with Gasteiger partial charge in [-0.25, -0.2) is 0 Å². The van der Waals surface area contributed by atoms with Gasteiger partial charge in [0.25, 0.3) is 0 Å². The molecule has 13 heavy (non-hydrogen) atoms. The minimum atomic E-state index is 0.157. The summed E-state index contributed by atoms with van der Waals surface area (Å²) in [5, 5.41) is 9.41. The lowest BCUT2D eigenvalue weighted by Crippen LogP contribution is -2.52. The van der Waals surface area contributed by atoms with Gasteiger partial charge in [-0.05, 0) is 43.4 Å². The van der Waals surface area contributed by atoms with Crippen molar-refractivity contribution in [1.82, 2.24) is 0 Å². The third-order valence-electron chi connectivity index (χ3n) is 4.46. The summed E-state index contributed by atoms with van der Waals surface area (Å²) in [6.07, 6.45) is 5.39. The summed E-state index contributed by atoms with van der Waals surface area (Å²) >= 11 is 0. The molecule has 2 nitrogen and oxygen atoms in total. The summed E-state index contributed by atoms with van der Waals surface area (Å²) in [7, 11) is 0. The van der Waals surface area contributed by atoms with Crippen molar-refractivity contribution >= 4 is 5.78 Å². The number of carbonyl (C=O) groups is 1. The van der Waals surface area contributed by atoms with E-state index in [4.69, 9.17) is 0 Å². The Morgan fingerprint density at radius 3 is 2.38 bits per heavy atom. The summed E-state index contributed by atoms with van der Waals surface area (Å²) in [5.74, 6) is 1.90. The van der Waals surface area contributed by atoms with Gasteiger partial charge in [0.2, 0.25) is 0 Å². The van der Waals surface area contributed by atoms with Crippen LogP contribution in [0, 0.1) is 23.2 Å². The zero-order valence-corrected chi connectivity index (χ0v) is 7.83. The van der Waals surface area contributed by atoms with Crippen LogP contribution in [0.3, 0.4) is 0 Å². The third kappa shape index (κ3) is 0.954. The molecule has 0 aromatic heterocycles. The highest BCUT2D eigenvalue weighted by atomic mass is 16.3. The van der Waals surface area contributed by atoms with Crippen LogP contribution in [-0.2, 0) is 4.79 Å². The Kier molecular flexibility index (Phi) is 1.44. The maximum absolute atomic E-state index is 11.8. The third-order valence-corrected chi connectivity index (χ3v) is 4.46. The highest BCUT2D eigenvalue weighted by Gasteiger charge is 2.54. The minimum Gasteiger partial charge on any atom is -0.396 e. The lowest BCUT2D eigenvalue weighted by molar-refractivity contribution is -0.150. The predicted molar refractivity (Wildman–Crippen MR) is 48.1 cm³/mol. The van der Waals surface area contributed by atoms with E-state index in [2.05, 4.69) is 0 Å². The van der Waals surface area contributed by atoms with E-state index in [9.17, 15) is 9.90 Å². The molecule has 0 aliphatic heterocycles. The summed E-state index contributed by atoms with van der Waals surface area (Å²) in [4.78, 5) is 11.8. The van der Waals surface area contributed by atoms with E-state index < -0.39 is 0 Å². The molecule has 4 aliphatic rings. The second-order valence-corrected chi connectivity index (χ2v) is 5.40. The van der Waals surface area contributed by atoms with Crippen LogP contribution < -0.4 is 0 Å².